The first-order valence-electron chi connectivity index (χ1n) is 11.9. The highest BCUT2D eigenvalue weighted by atomic mass is 35.5. The second-order valence-electron chi connectivity index (χ2n) is 8.96. The van der Waals surface area contributed by atoms with Crippen LogP contribution in [0.25, 0.3) is 10.9 Å². The molecule has 1 aromatic carbocycles. The molecule has 0 bridgehead atoms. The summed E-state index contributed by atoms with van der Waals surface area (Å²) in [6, 6.07) is 9.98. The molecular weight excluding hydrogens is 436 g/mol. The number of hydrogen-bond acceptors (Lipinski definition) is 5. The Morgan fingerprint density at radius 3 is 2.45 bits per heavy atom. The van der Waals surface area contributed by atoms with E-state index in [-0.39, 0.29) is 5.92 Å². The van der Waals surface area contributed by atoms with E-state index in [9.17, 15) is 4.79 Å². The Morgan fingerprint density at radius 1 is 1.03 bits per heavy atom. The summed E-state index contributed by atoms with van der Waals surface area (Å²) in [7, 11) is 0. The minimum absolute atomic E-state index is 0.0881. The number of para-hydroxylation sites is 1. The molecule has 0 aliphatic carbocycles. The number of rotatable bonds is 4. The first kappa shape index (κ1) is 22.0. The highest BCUT2D eigenvalue weighted by molar-refractivity contribution is 6.33. The molecule has 33 heavy (non-hydrogen) atoms. The molecule has 2 aromatic heterocycles. The molecule has 3 aromatic rings. The number of piperazine rings is 1. The molecule has 0 unspecified atom stereocenters. The lowest BCUT2D eigenvalue weighted by Gasteiger charge is -2.39. The Labute approximate surface area is 199 Å². The molecule has 2 aliphatic rings. The van der Waals surface area contributed by atoms with Crippen LogP contribution in [0.5, 0.6) is 0 Å². The molecule has 2 saturated heterocycles. The molecule has 2 fully saturated rings. The van der Waals surface area contributed by atoms with Gasteiger partial charge in [-0.25, -0.2) is 4.98 Å². The monoisotopic (exact) mass is 466 g/mol. The van der Waals surface area contributed by atoms with Crippen LogP contribution in [0.1, 0.15) is 25.5 Å². The molecule has 174 valence electrons. The molecule has 5 rings (SSSR count). The number of carbonyl (C=O) groups excluding carboxylic acids is 1. The Balaban J connectivity index is 1.21. The number of carbonyl (C=O) groups is 1. The van der Waals surface area contributed by atoms with Crippen molar-refractivity contribution in [3.63, 3.8) is 0 Å². The molecule has 4 heterocycles. The quantitative estimate of drug-likeness (QED) is 0.582. The summed E-state index contributed by atoms with van der Waals surface area (Å²) in [5.74, 6) is 1.38. The second-order valence-corrected chi connectivity index (χ2v) is 9.36. The van der Waals surface area contributed by atoms with Crippen molar-refractivity contribution < 1.29 is 4.79 Å². The van der Waals surface area contributed by atoms with E-state index in [4.69, 9.17) is 16.6 Å². The summed E-state index contributed by atoms with van der Waals surface area (Å²) in [6.45, 7) is 9.80. The molecule has 1 amide bonds. The average molecular weight is 467 g/mol. The highest BCUT2D eigenvalue weighted by Crippen LogP contribution is 2.31. The average Bonchev–Trinajstić information content (AvgIpc) is 3.20. The lowest BCUT2D eigenvalue weighted by molar-refractivity contribution is -0.136. The highest BCUT2D eigenvalue weighted by Gasteiger charge is 2.32. The molecule has 2 aliphatic heterocycles. The predicted molar refractivity (Wildman–Crippen MR) is 133 cm³/mol. The van der Waals surface area contributed by atoms with Gasteiger partial charge in [-0.05, 0) is 44.9 Å². The van der Waals surface area contributed by atoms with Gasteiger partial charge in [-0.3, -0.25) is 9.48 Å². The smallest absolute Gasteiger partial charge is 0.225 e. The fourth-order valence-corrected chi connectivity index (χ4v) is 5.46. The lowest BCUT2D eigenvalue weighted by Crippen LogP contribution is -2.51. The number of amides is 1. The van der Waals surface area contributed by atoms with Crippen LogP contribution in [0, 0.1) is 12.8 Å². The van der Waals surface area contributed by atoms with E-state index in [0.29, 0.717) is 5.91 Å². The van der Waals surface area contributed by atoms with Crippen LogP contribution in [0.3, 0.4) is 0 Å². The first-order chi connectivity index (χ1) is 16.1. The number of piperidine rings is 1. The van der Waals surface area contributed by atoms with Gasteiger partial charge in [-0.1, -0.05) is 23.7 Å². The van der Waals surface area contributed by atoms with Gasteiger partial charge in [0.25, 0.3) is 0 Å². The van der Waals surface area contributed by atoms with Gasteiger partial charge in [-0.15, -0.1) is 0 Å². The fourth-order valence-electron chi connectivity index (χ4n) is 5.21. The molecule has 0 N–H and O–H groups in total. The van der Waals surface area contributed by atoms with Gasteiger partial charge in [0.2, 0.25) is 5.91 Å². The van der Waals surface area contributed by atoms with Crippen molar-refractivity contribution in [1.82, 2.24) is 19.7 Å². The third kappa shape index (κ3) is 4.14. The van der Waals surface area contributed by atoms with Gasteiger partial charge in [0.05, 0.1) is 16.4 Å². The number of aryl methyl sites for hydroxylation is 2. The molecule has 0 atom stereocenters. The van der Waals surface area contributed by atoms with E-state index in [0.717, 1.165) is 91.8 Å². The fraction of sp³-hybridized carbons (Fsp3) is 0.480. The molecule has 0 radical (unpaired) electrons. The summed E-state index contributed by atoms with van der Waals surface area (Å²) in [6.07, 6.45) is 3.60. The Bertz CT molecular complexity index is 1150. The summed E-state index contributed by atoms with van der Waals surface area (Å²) < 4.78 is 2.04. The van der Waals surface area contributed by atoms with Crippen molar-refractivity contribution in [2.75, 3.05) is 49.1 Å². The number of anilines is 2. The van der Waals surface area contributed by atoms with E-state index >= 15 is 0 Å². The third-order valence-electron chi connectivity index (χ3n) is 7.05. The normalized spacial score (nSPS) is 17.7. The van der Waals surface area contributed by atoms with Crippen LogP contribution >= 0.6 is 11.6 Å². The molecule has 0 saturated carbocycles. The number of halogens is 1. The largest absolute Gasteiger partial charge is 0.367 e. The van der Waals surface area contributed by atoms with Crippen LogP contribution < -0.4 is 9.80 Å². The number of pyridine rings is 1. The van der Waals surface area contributed by atoms with Crippen LogP contribution in [0.4, 0.5) is 11.5 Å². The van der Waals surface area contributed by atoms with Gasteiger partial charge in [0, 0.05) is 63.3 Å². The molecular formula is C25H31ClN6O. The maximum Gasteiger partial charge on any atom is 0.225 e. The Kier molecular flexibility index (Phi) is 6.15. The zero-order chi connectivity index (χ0) is 22.9. The van der Waals surface area contributed by atoms with Gasteiger partial charge in [0.15, 0.2) is 5.82 Å². The SMILES string of the molecule is CCn1nc(C)c2ccnc(N3CCC(C(=O)N4CCN(c5ccccc5Cl)CC4)CC3)c21. The van der Waals surface area contributed by atoms with Crippen LogP contribution in [0.2, 0.25) is 5.02 Å². The zero-order valence-corrected chi connectivity index (χ0v) is 20.1. The van der Waals surface area contributed by atoms with Crippen LogP contribution in [-0.4, -0.2) is 64.8 Å². The summed E-state index contributed by atoms with van der Waals surface area (Å²) in [5.41, 5.74) is 3.21. The van der Waals surface area contributed by atoms with Crippen molar-refractivity contribution in [2.24, 2.45) is 5.92 Å². The number of nitrogens with zero attached hydrogens (tertiary/aromatic N) is 6. The number of fused-ring (bicyclic) bond motifs is 1. The number of hydrogen-bond donors (Lipinski definition) is 0. The van der Waals surface area contributed by atoms with Crippen molar-refractivity contribution in [3.05, 3.63) is 47.2 Å². The zero-order valence-electron chi connectivity index (χ0n) is 19.4. The van der Waals surface area contributed by atoms with Crippen molar-refractivity contribution in [3.8, 4) is 0 Å². The van der Waals surface area contributed by atoms with Gasteiger partial charge in [-0.2, -0.15) is 5.10 Å². The maximum atomic E-state index is 13.3. The van der Waals surface area contributed by atoms with Crippen LogP contribution in [-0.2, 0) is 11.3 Å². The minimum atomic E-state index is 0.0881. The summed E-state index contributed by atoms with van der Waals surface area (Å²) in [5, 5.41) is 6.61. The minimum Gasteiger partial charge on any atom is -0.367 e. The van der Waals surface area contributed by atoms with E-state index in [1.807, 2.05) is 40.0 Å². The van der Waals surface area contributed by atoms with E-state index in [1.54, 1.807) is 0 Å². The van der Waals surface area contributed by atoms with Crippen molar-refractivity contribution in [2.45, 2.75) is 33.2 Å². The Hall–Kier alpha value is -2.80. The predicted octanol–water partition coefficient (Wildman–Crippen LogP) is 3.98. The molecule has 7 nitrogen and oxygen atoms in total. The maximum absolute atomic E-state index is 13.3. The summed E-state index contributed by atoms with van der Waals surface area (Å²) >= 11 is 6.36. The van der Waals surface area contributed by atoms with Crippen molar-refractivity contribution in [1.29, 1.82) is 0 Å². The lowest BCUT2D eigenvalue weighted by atomic mass is 9.94. The standard InChI is InChI=1S/C25H31ClN6O/c1-3-32-23-20(18(2)28-32)8-11-27-24(23)30-12-9-19(10-13-30)25(33)31-16-14-29(15-17-31)22-7-5-4-6-21(22)26/h4-8,11,19H,3,9-10,12-17H2,1-2H3. The Morgan fingerprint density at radius 2 is 1.76 bits per heavy atom. The third-order valence-corrected chi connectivity index (χ3v) is 7.37. The van der Waals surface area contributed by atoms with Gasteiger partial charge < -0.3 is 14.7 Å². The number of benzene rings is 1. The molecule has 8 heteroatoms. The topological polar surface area (TPSA) is 57.5 Å². The van der Waals surface area contributed by atoms with E-state index in [2.05, 4.69) is 34.8 Å². The summed E-state index contributed by atoms with van der Waals surface area (Å²) in [4.78, 5) is 24.6. The van der Waals surface area contributed by atoms with E-state index in [1.165, 1.54) is 0 Å². The van der Waals surface area contributed by atoms with Crippen LogP contribution in [0.15, 0.2) is 36.5 Å². The van der Waals surface area contributed by atoms with E-state index < -0.39 is 0 Å². The second kappa shape index (κ2) is 9.21. The van der Waals surface area contributed by atoms with Gasteiger partial charge >= 0.3 is 0 Å². The molecule has 0 spiro atoms. The first-order valence-corrected chi connectivity index (χ1v) is 12.3. The van der Waals surface area contributed by atoms with Gasteiger partial charge in [0.1, 0.15) is 5.52 Å². The number of aromatic nitrogens is 3. The van der Waals surface area contributed by atoms with Crippen molar-refractivity contribution >= 4 is 39.9 Å².